The second-order valence-electron chi connectivity index (χ2n) is 5.58. The third-order valence-corrected chi connectivity index (χ3v) is 5.98. The SMILES string of the molecule is CCCNCCNC(=O)c1ccc(C)c(S(=O)(=O)N(CC)CC)c1. The first-order chi connectivity index (χ1) is 11.4. The number of aryl methyl sites for hydroxylation is 1. The highest BCUT2D eigenvalue weighted by Gasteiger charge is 2.24. The minimum absolute atomic E-state index is 0.197. The molecule has 0 spiro atoms. The van der Waals surface area contributed by atoms with Crippen molar-refractivity contribution in [2.45, 2.75) is 39.0 Å². The van der Waals surface area contributed by atoms with E-state index in [2.05, 4.69) is 17.6 Å². The van der Waals surface area contributed by atoms with Gasteiger partial charge in [0.25, 0.3) is 5.91 Å². The van der Waals surface area contributed by atoms with Crippen molar-refractivity contribution in [1.82, 2.24) is 14.9 Å². The standard InChI is InChI=1S/C17H29N3O3S/c1-5-10-18-11-12-19-17(21)15-9-8-14(4)16(13-15)24(22,23)20(6-2)7-3/h8-9,13,18H,5-7,10-12H2,1-4H3,(H,19,21). The summed E-state index contributed by atoms with van der Waals surface area (Å²) in [6.45, 7) is 10.3. The lowest BCUT2D eigenvalue weighted by molar-refractivity contribution is 0.0953. The van der Waals surface area contributed by atoms with Crippen molar-refractivity contribution in [3.05, 3.63) is 29.3 Å². The van der Waals surface area contributed by atoms with Crippen LogP contribution in [-0.2, 0) is 10.0 Å². The van der Waals surface area contributed by atoms with E-state index in [0.717, 1.165) is 13.0 Å². The monoisotopic (exact) mass is 355 g/mol. The average molecular weight is 356 g/mol. The van der Waals surface area contributed by atoms with Gasteiger partial charge >= 0.3 is 0 Å². The van der Waals surface area contributed by atoms with Crippen molar-refractivity contribution in [1.29, 1.82) is 0 Å². The first-order valence-electron chi connectivity index (χ1n) is 8.48. The lowest BCUT2D eigenvalue weighted by Crippen LogP contribution is -2.33. The highest BCUT2D eigenvalue weighted by molar-refractivity contribution is 7.89. The van der Waals surface area contributed by atoms with Crippen LogP contribution >= 0.6 is 0 Å². The second-order valence-corrected chi connectivity index (χ2v) is 7.48. The Hall–Kier alpha value is -1.44. The molecule has 0 saturated carbocycles. The number of sulfonamides is 1. The molecule has 1 amide bonds. The first-order valence-corrected chi connectivity index (χ1v) is 9.92. The molecule has 0 unspecified atom stereocenters. The molecule has 0 aliphatic rings. The van der Waals surface area contributed by atoms with Gasteiger partial charge in [0.1, 0.15) is 0 Å². The summed E-state index contributed by atoms with van der Waals surface area (Å²) < 4.78 is 26.8. The summed E-state index contributed by atoms with van der Waals surface area (Å²) in [5.74, 6) is -0.260. The molecule has 24 heavy (non-hydrogen) atoms. The molecule has 2 N–H and O–H groups in total. The van der Waals surface area contributed by atoms with E-state index in [0.29, 0.717) is 37.3 Å². The Morgan fingerprint density at radius 3 is 2.33 bits per heavy atom. The van der Waals surface area contributed by atoms with Gasteiger partial charge in [-0.2, -0.15) is 4.31 Å². The predicted molar refractivity (Wildman–Crippen MR) is 96.8 cm³/mol. The van der Waals surface area contributed by atoms with E-state index in [-0.39, 0.29) is 10.8 Å². The Morgan fingerprint density at radius 1 is 1.08 bits per heavy atom. The van der Waals surface area contributed by atoms with Crippen LogP contribution in [0, 0.1) is 6.92 Å². The van der Waals surface area contributed by atoms with Crippen LogP contribution in [0.3, 0.4) is 0 Å². The molecule has 0 aliphatic carbocycles. The first kappa shape index (κ1) is 20.6. The number of hydrogen-bond donors (Lipinski definition) is 2. The quantitative estimate of drug-likeness (QED) is 0.627. The number of nitrogens with zero attached hydrogens (tertiary/aromatic N) is 1. The third-order valence-electron chi connectivity index (χ3n) is 3.79. The number of benzene rings is 1. The maximum Gasteiger partial charge on any atom is 0.251 e. The number of carbonyl (C=O) groups is 1. The topological polar surface area (TPSA) is 78.5 Å². The molecule has 1 aromatic rings. The van der Waals surface area contributed by atoms with Gasteiger partial charge in [-0.1, -0.05) is 26.8 Å². The van der Waals surface area contributed by atoms with Crippen molar-refractivity contribution < 1.29 is 13.2 Å². The molecule has 136 valence electrons. The largest absolute Gasteiger partial charge is 0.351 e. The Balaban J connectivity index is 2.91. The smallest absolute Gasteiger partial charge is 0.251 e. The fourth-order valence-electron chi connectivity index (χ4n) is 2.39. The van der Waals surface area contributed by atoms with Crippen LogP contribution in [0.5, 0.6) is 0 Å². The molecule has 0 aromatic heterocycles. The molecule has 1 aromatic carbocycles. The molecule has 0 radical (unpaired) electrons. The Bertz CT molecular complexity index is 640. The summed E-state index contributed by atoms with van der Waals surface area (Å²) in [5.41, 5.74) is 1.00. The van der Waals surface area contributed by atoms with E-state index in [1.54, 1.807) is 32.9 Å². The van der Waals surface area contributed by atoms with Crippen molar-refractivity contribution in [3.8, 4) is 0 Å². The van der Waals surface area contributed by atoms with Crippen LogP contribution in [-0.4, -0.2) is 51.4 Å². The van der Waals surface area contributed by atoms with Gasteiger partial charge in [-0.3, -0.25) is 4.79 Å². The van der Waals surface area contributed by atoms with Crippen molar-refractivity contribution in [2.24, 2.45) is 0 Å². The zero-order valence-electron chi connectivity index (χ0n) is 15.1. The van der Waals surface area contributed by atoms with Crippen molar-refractivity contribution in [3.63, 3.8) is 0 Å². The van der Waals surface area contributed by atoms with Gasteiger partial charge in [0, 0.05) is 31.7 Å². The van der Waals surface area contributed by atoms with E-state index in [1.807, 2.05) is 0 Å². The Kier molecular flexibility index (Phi) is 8.38. The van der Waals surface area contributed by atoms with Crippen LogP contribution in [0.15, 0.2) is 23.1 Å². The van der Waals surface area contributed by atoms with E-state index in [4.69, 9.17) is 0 Å². The minimum atomic E-state index is -3.58. The highest BCUT2D eigenvalue weighted by atomic mass is 32.2. The van der Waals surface area contributed by atoms with Crippen LogP contribution in [0.2, 0.25) is 0 Å². The van der Waals surface area contributed by atoms with Gasteiger partial charge in [-0.15, -0.1) is 0 Å². The zero-order valence-corrected chi connectivity index (χ0v) is 15.9. The number of amides is 1. The Labute approximate surface area is 145 Å². The van der Waals surface area contributed by atoms with Crippen LogP contribution in [0.1, 0.15) is 43.1 Å². The predicted octanol–water partition coefficient (Wildman–Crippen LogP) is 1.75. The maximum atomic E-state index is 12.7. The molecular weight excluding hydrogens is 326 g/mol. The van der Waals surface area contributed by atoms with Gasteiger partial charge in [0.05, 0.1) is 4.90 Å². The molecule has 0 saturated heterocycles. The second kappa shape index (κ2) is 9.76. The minimum Gasteiger partial charge on any atom is -0.351 e. The van der Waals surface area contributed by atoms with Crippen LogP contribution in [0.25, 0.3) is 0 Å². The summed E-state index contributed by atoms with van der Waals surface area (Å²) in [4.78, 5) is 12.4. The lowest BCUT2D eigenvalue weighted by atomic mass is 10.1. The number of carbonyl (C=O) groups excluding carboxylic acids is 1. The number of rotatable bonds is 10. The summed E-state index contributed by atoms with van der Waals surface area (Å²) in [7, 11) is -3.58. The van der Waals surface area contributed by atoms with Crippen LogP contribution < -0.4 is 10.6 Å². The summed E-state index contributed by atoms with van der Waals surface area (Å²) in [5, 5.41) is 6.00. The summed E-state index contributed by atoms with van der Waals surface area (Å²) in [6.07, 6.45) is 1.04. The fraction of sp³-hybridized carbons (Fsp3) is 0.588. The highest BCUT2D eigenvalue weighted by Crippen LogP contribution is 2.21. The number of nitrogens with one attached hydrogen (secondary N) is 2. The normalized spacial score (nSPS) is 11.7. The van der Waals surface area contributed by atoms with E-state index in [1.165, 1.54) is 10.4 Å². The van der Waals surface area contributed by atoms with E-state index < -0.39 is 10.0 Å². The van der Waals surface area contributed by atoms with Crippen molar-refractivity contribution >= 4 is 15.9 Å². The third kappa shape index (κ3) is 5.29. The van der Waals surface area contributed by atoms with E-state index in [9.17, 15) is 13.2 Å². The molecule has 6 nitrogen and oxygen atoms in total. The average Bonchev–Trinajstić information content (AvgIpc) is 2.55. The van der Waals surface area contributed by atoms with Gasteiger partial charge < -0.3 is 10.6 Å². The molecule has 0 aliphatic heterocycles. The van der Waals surface area contributed by atoms with Crippen molar-refractivity contribution in [2.75, 3.05) is 32.7 Å². The maximum absolute atomic E-state index is 12.7. The molecule has 0 atom stereocenters. The van der Waals surface area contributed by atoms with Gasteiger partial charge in [-0.25, -0.2) is 8.42 Å². The zero-order chi connectivity index (χ0) is 18.2. The van der Waals surface area contributed by atoms with Gasteiger partial charge in [0.2, 0.25) is 10.0 Å². The number of hydrogen-bond acceptors (Lipinski definition) is 4. The van der Waals surface area contributed by atoms with Crippen LogP contribution in [0.4, 0.5) is 0 Å². The summed E-state index contributed by atoms with van der Waals surface area (Å²) in [6, 6.07) is 4.81. The summed E-state index contributed by atoms with van der Waals surface area (Å²) >= 11 is 0. The molecule has 0 fully saturated rings. The molecule has 1 rings (SSSR count). The molecular formula is C17H29N3O3S. The van der Waals surface area contributed by atoms with Gasteiger partial charge in [0.15, 0.2) is 0 Å². The lowest BCUT2D eigenvalue weighted by Gasteiger charge is -2.20. The molecule has 7 heteroatoms. The fourth-order valence-corrected chi connectivity index (χ4v) is 4.10. The van der Waals surface area contributed by atoms with Gasteiger partial charge in [-0.05, 0) is 37.6 Å². The molecule has 0 heterocycles. The Morgan fingerprint density at radius 2 is 1.75 bits per heavy atom. The molecule has 0 bridgehead atoms. The van der Waals surface area contributed by atoms with E-state index >= 15 is 0 Å².